The Morgan fingerprint density at radius 3 is 2.39 bits per heavy atom. The molecular weight excluding hydrogens is 405 g/mol. The van der Waals surface area contributed by atoms with E-state index >= 15 is 0 Å². The molecule has 7 nitrogen and oxygen atoms in total. The van der Waals surface area contributed by atoms with Gasteiger partial charge in [-0.15, -0.1) is 0 Å². The smallest absolute Gasteiger partial charge is 0.329 e. The second-order valence-electron chi connectivity index (χ2n) is 5.51. The highest BCUT2D eigenvalue weighted by molar-refractivity contribution is 6.36. The highest BCUT2D eigenvalue weighted by Crippen LogP contribution is 2.25. The van der Waals surface area contributed by atoms with Crippen molar-refractivity contribution in [1.29, 1.82) is 0 Å². The standard InChI is InChI=1S/C19H19Cl2N3O4/c1-27-10-9-22-18(25)19(26)24-23-11-13-5-7-14(8-6-13)28-12-15-16(20)3-2-4-17(15)21/h2-8,11H,9-10,12H2,1H3,(H,22,25)(H,24,26)/b23-11-. The molecule has 0 atom stereocenters. The third kappa shape index (κ3) is 6.84. The van der Waals surface area contributed by atoms with E-state index in [1.54, 1.807) is 42.5 Å². The summed E-state index contributed by atoms with van der Waals surface area (Å²) in [6, 6.07) is 12.2. The molecule has 2 aromatic carbocycles. The van der Waals surface area contributed by atoms with E-state index in [4.69, 9.17) is 32.7 Å². The normalized spacial score (nSPS) is 10.7. The van der Waals surface area contributed by atoms with Gasteiger partial charge in [0.25, 0.3) is 0 Å². The molecule has 0 aromatic heterocycles. The lowest BCUT2D eigenvalue weighted by Gasteiger charge is -2.09. The lowest BCUT2D eigenvalue weighted by atomic mass is 10.2. The number of rotatable bonds is 8. The maximum absolute atomic E-state index is 11.5. The molecule has 9 heteroatoms. The summed E-state index contributed by atoms with van der Waals surface area (Å²) in [6.07, 6.45) is 1.41. The zero-order chi connectivity index (χ0) is 20.4. The van der Waals surface area contributed by atoms with Gasteiger partial charge in [0.1, 0.15) is 12.4 Å². The maximum Gasteiger partial charge on any atom is 0.329 e. The summed E-state index contributed by atoms with van der Waals surface area (Å²) < 4.78 is 10.5. The van der Waals surface area contributed by atoms with E-state index < -0.39 is 11.8 Å². The lowest BCUT2D eigenvalue weighted by Crippen LogP contribution is -2.39. The molecule has 0 saturated carbocycles. The number of hydrogen-bond acceptors (Lipinski definition) is 5. The molecule has 2 rings (SSSR count). The van der Waals surface area contributed by atoms with Crippen LogP contribution in [-0.4, -0.2) is 38.3 Å². The first-order chi connectivity index (χ1) is 13.5. The molecule has 2 amide bonds. The first-order valence-corrected chi connectivity index (χ1v) is 9.02. The van der Waals surface area contributed by atoms with Gasteiger partial charge in [-0.05, 0) is 42.0 Å². The molecule has 2 N–H and O–H groups in total. The van der Waals surface area contributed by atoms with Gasteiger partial charge in [0.2, 0.25) is 0 Å². The number of hydrazone groups is 1. The highest BCUT2D eigenvalue weighted by atomic mass is 35.5. The molecule has 0 saturated heterocycles. The summed E-state index contributed by atoms with van der Waals surface area (Å²) in [7, 11) is 1.50. The van der Waals surface area contributed by atoms with Crippen molar-refractivity contribution in [3.8, 4) is 5.75 Å². The van der Waals surface area contributed by atoms with Crippen molar-refractivity contribution >= 4 is 41.2 Å². The van der Waals surface area contributed by atoms with Crippen molar-refractivity contribution in [1.82, 2.24) is 10.7 Å². The van der Waals surface area contributed by atoms with Crippen LogP contribution in [0.4, 0.5) is 0 Å². The predicted molar refractivity (Wildman–Crippen MR) is 108 cm³/mol. The van der Waals surface area contributed by atoms with Crippen LogP contribution in [0.3, 0.4) is 0 Å². The van der Waals surface area contributed by atoms with Crippen LogP contribution >= 0.6 is 23.2 Å². The first kappa shape index (κ1) is 21.7. The van der Waals surface area contributed by atoms with Crippen molar-refractivity contribution in [3.05, 3.63) is 63.6 Å². The quantitative estimate of drug-likeness (QED) is 0.295. The summed E-state index contributed by atoms with van der Waals surface area (Å²) >= 11 is 12.2. The Morgan fingerprint density at radius 2 is 1.75 bits per heavy atom. The Labute approximate surface area is 172 Å². The number of amides is 2. The summed E-state index contributed by atoms with van der Waals surface area (Å²) in [6.45, 7) is 0.799. The van der Waals surface area contributed by atoms with Gasteiger partial charge in [-0.3, -0.25) is 9.59 Å². The number of nitrogens with one attached hydrogen (secondary N) is 2. The molecule has 148 valence electrons. The van der Waals surface area contributed by atoms with Gasteiger partial charge in [-0.1, -0.05) is 29.3 Å². The van der Waals surface area contributed by atoms with E-state index in [1.165, 1.54) is 13.3 Å². The fraction of sp³-hybridized carbons (Fsp3) is 0.211. The zero-order valence-corrected chi connectivity index (χ0v) is 16.6. The number of benzene rings is 2. The Bertz CT molecular complexity index is 821. The molecule has 0 heterocycles. The molecule has 0 spiro atoms. The van der Waals surface area contributed by atoms with Crippen LogP contribution in [0.25, 0.3) is 0 Å². The van der Waals surface area contributed by atoms with Crippen molar-refractivity contribution < 1.29 is 19.1 Å². The number of carbonyl (C=O) groups excluding carboxylic acids is 2. The molecule has 28 heavy (non-hydrogen) atoms. The van der Waals surface area contributed by atoms with Gasteiger partial charge in [0.05, 0.1) is 12.8 Å². The average Bonchev–Trinajstić information content (AvgIpc) is 2.68. The van der Waals surface area contributed by atoms with E-state index in [-0.39, 0.29) is 13.2 Å². The van der Waals surface area contributed by atoms with Crippen LogP contribution in [0.5, 0.6) is 5.75 Å². The number of halogens is 2. The van der Waals surface area contributed by atoms with E-state index in [0.717, 1.165) is 0 Å². The van der Waals surface area contributed by atoms with Crippen molar-refractivity contribution in [2.24, 2.45) is 5.10 Å². The molecule has 0 unspecified atom stereocenters. The van der Waals surface area contributed by atoms with Crippen LogP contribution in [0, 0.1) is 0 Å². The van der Waals surface area contributed by atoms with E-state index in [9.17, 15) is 9.59 Å². The molecule has 2 aromatic rings. The summed E-state index contributed by atoms with van der Waals surface area (Å²) in [4.78, 5) is 23.0. The molecule has 0 fully saturated rings. The lowest BCUT2D eigenvalue weighted by molar-refractivity contribution is -0.139. The zero-order valence-electron chi connectivity index (χ0n) is 15.1. The van der Waals surface area contributed by atoms with Crippen LogP contribution in [-0.2, 0) is 20.9 Å². The topological polar surface area (TPSA) is 89.0 Å². The molecule has 0 aliphatic rings. The molecule has 0 radical (unpaired) electrons. The highest BCUT2D eigenvalue weighted by Gasteiger charge is 2.11. The predicted octanol–water partition coefficient (Wildman–Crippen LogP) is 2.79. The van der Waals surface area contributed by atoms with Crippen LogP contribution in [0.2, 0.25) is 10.0 Å². The third-order valence-electron chi connectivity index (χ3n) is 3.50. The summed E-state index contributed by atoms with van der Waals surface area (Å²) in [5.74, 6) is -1.02. The van der Waals surface area contributed by atoms with E-state index in [1.807, 2.05) is 0 Å². The second kappa shape index (κ2) is 11.3. The maximum atomic E-state index is 11.5. The van der Waals surface area contributed by atoms with Crippen LogP contribution in [0.15, 0.2) is 47.6 Å². The van der Waals surface area contributed by atoms with Crippen molar-refractivity contribution in [2.75, 3.05) is 20.3 Å². The SMILES string of the molecule is COCCNC(=O)C(=O)N/N=C\c1ccc(OCc2c(Cl)cccc2Cl)cc1. The van der Waals surface area contributed by atoms with Gasteiger partial charge in [0.15, 0.2) is 0 Å². The van der Waals surface area contributed by atoms with Crippen molar-refractivity contribution in [2.45, 2.75) is 6.61 Å². The minimum atomic E-state index is -0.857. The van der Waals surface area contributed by atoms with Gasteiger partial charge >= 0.3 is 11.8 Å². The van der Waals surface area contributed by atoms with Gasteiger partial charge in [-0.2, -0.15) is 5.10 Å². The largest absolute Gasteiger partial charge is 0.489 e. The average molecular weight is 424 g/mol. The number of hydrogen-bond donors (Lipinski definition) is 2. The Balaban J connectivity index is 1.83. The Morgan fingerprint density at radius 1 is 1.07 bits per heavy atom. The fourth-order valence-electron chi connectivity index (χ4n) is 2.04. The van der Waals surface area contributed by atoms with E-state index in [0.29, 0.717) is 33.5 Å². The number of methoxy groups -OCH3 is 1. The van der Waals surface area contributed by atoms with Crippen molar-refractivity contribution in [3.63, 3.8) is 0 Å². The fourth-order valence-corrected chi connectivity index (χ4v) is 2.55. The van der Waals surface area contributed by atoms with E-state index in [2.05, 4.69) is 15.8 Å². The minimum Gasteiger partial charge on any atom is -0.489 e. The number of carbonyl (C=O) groups is 2. The molecular formula is C19H19Cl2N3O4. The number of nitrogens with zero attached hydrogens (tertiary/aromatic N) is 1. The van der Waals surface area contributed by atoms with Crippen LogP contribution < -0.4 is 15.5 Å². The molecule has 0 aliphatic carbocycles. The molecule has 0 aliphatic heterocycles. The van der Waals surface area contributed by atoms with Gasteiger partial charge in [-0.25, -0.2) is 5.43 Å². The molecule has 0 bridgehead atoms. The third-order valence-corrected chi connectivity index (χ3v) is 4.21. The summed E-state index contributed by atoms with van der Waals surface area (Å²) in [5.41, 5.74) is 3.57. The first-order valence-electron chi connectivity index (χ1n) is 8.27. The van der Waals surface area contributed by atoms with Gasteiger partial charge < -0.3 is 14.8 Å². The summed E-state index contributed by atoms with van der Waals surface area (Å²) in [5, 5.41) is 7.21. The minimum absolute atomic E-state index is 0.236. The Kier molecular flexibility index (Phi) is 8.74. The van der Waals surface area contributed by atoms with Gasteiger partial charge in [0, 0.05) is 29.3 Å². The second-order valence-corrected chi connectivity index (χ2v) is 6.32. The Hall–Kier alpha value is -2.61. The van der Waals surface area contributed by atoms with Crippen LogP contribution in [0.1, 0.15) is 11.1 Å². The monoisotopic (exact) mass is 423 g/mol. The number of ether oxygens (including phenoxy) is 2.